The Morgan fingerprint density at radius 3 is 2.50 bits per heavy atom. The third kappa shape index (κ3) is 6.71. The molecular formula is C20H25N3O4S. The molecule has 0 aliphatic rings. The summed E-state index contributed by atoms with van der Waals surface area (Å²) < 4.78 is 16.2. The number of amides is 1. The van der Waals surface area contributed by atoms with Gasteiger partial charge >= 0.3 is 0 Å². The first kappa shape index (κ1) is 21.5. The lowest BCUT2D eigenvalue weighted by Crippen LogP contribution is -2.49. The van der Waals surface area contributed by atoms with Crippen molar-refractivity contribution in [1.82, 2.24) is 16.2 Å². The first-order chi connectivity index (χ1) is 13.5. The molecule has 0 saturated carbocycles. The number of thiocarbonyl (C=S) groups is 1. The van der Waals surface area contributed by atoms with E-state index in [1.165, 1.54) is 7.11 Å². The lowest BCUT2D eigenvalue weighted by atomic mass is 10.2. The Balaban J connectivity index is 1.92. The number of hydrogen-bond donors (Lipinski definition) is 3. The van der Waals surface area contributed by atoms with E-state index in [2.05, 4.69) is 16.2 Å². The Kier molecular flexibility index (Phi) is 8.51. The van der Waals surface area contributed by atoms with E-state index in [0.717, 1.165) is 5.56 Å². The molecule has 0 heterocycles. The number of rotatable bonds is 8. The molecule has 0 aliphatic carbocycles. The predicted octanol–water partition coefficient (Wildman–Crippen LogP) is 2.42. The maximum atomic E-state index is 12.3. The molecule has 150 valence electrons. The number of benzene rings is 2. The fourth-order valence-electron chi connectivity index (χ4n) is 2.40. The lowest BCUT2D eigenvalue weighted by molar-refractivity contribution is 0.0943. The second-order valence-corrected chi connectivity index (χ2v) is 6.46. The molecule has 0 bridgehead atoms. The summed E-state index contributed by atoms with van der Waals surface area (Å²) in [4.78, 5) is 12.3. The van der Waals surface area contributed by atoms with Crippen LogP contribution >= 0.6 is 12.2 Å². The summed E-state index contributed by atoms with van der Waals surface area (Å²) in [5.41, 5.74) is 6.65. The van der Waals surface area contributed by atoms with Crippen LogP contribution in [0.2, 0.25) is 0 Å². The molecule has 3 N–H and O–H groups in total. The first-order valence-electron chi connectivity index (χ1n) is 8.74. The highest BCUT2D eigenvalue weighted by molar-refractivity contribution is 7.80. The van der Waals surface area contributed by atoms with E-state index >= 15 is 0 Å². The minimum Gasteiger partial charge on any atom is -0.493 e. The summed E-state index contributed by atoms with van der Waals surface area (Å²) in [6.07, 6.45) is 0. The second kappa shape index (κ2) is 11.1. The van der Waals surface area contributed by atoms with Gasteiger partial charge in [-0.05, 0) is 42.9 Å². The van der Waals surface area contributed by atoms with Gasteiger partial charge in [0.2, 0.25) is 0 Å². The fourth-order valence-corrected chi connectivity index (χ4v) is 2.65. The first-order valence-corrected chi connectivity index (χ1v) is 9.15. The van der Waals surface area contributed by atoms with Gasteiger partial charge in [-0.2, -0.15) is 0 Å². The van der Waals surface area contributed by atoms with Crippen molar-refractivity contribution in [2.45, 2.75) is 19.6 Å². The molecule has 2 aromatic rings. The van der Waals surface area contributed by atoms with Crippen LogP contribution in [-0.4, -0.2) is 37.9 Å². The van der Waals surface area contributed by atoms with Crippen molar-refractivity contribution in [3.8, 4) is 11.5 Å². The average molecular weight is 404 g/mol. The Labute approximate surface area is 170 Å². The van der Waals surface area contributed by atoms with Crippen molar-refractivity contribution >= 4 is 23.2 Å². The highest BCUT2D eigenvalue weighted by Gasteiger charge is 2.12. The number of methoxy groups -OCH3 is 2. The van der Waals surface area contributed by atoms with E-state index in [1.807, 2.05) is 37.3 Å². The van der Waals surface area contributed by atoms with Gasteiger partial charge in [0.25, 0.3) is 5.91 Å². The molecule has 0 radical (unpaired) electrons. The summed E-state index contributed by atoms with van der Waals surface area (Å²) in [7, 11) is 3.14. The van der Waals surface area contributed by atoms with Crippen molar-refractivity contribution < 1.29 is 19.0 Å². The molecule has 8 heteroatoms. The summed E-state index contributed by atoms with van der Waals surface area (Å²) >= 11 is 5.13. The molecule has 7 nitrogen and oxygen atoms in total. The average Bonchev–Trinajstić information content (AvgIpc) is 2.71. The summed E-state index contributed by atoms with van der Waals surface area (Å²) in [6, 6.07) is 14.8. The van der Waals surface area contributed by atoms with Crippen molar-refractivity contribution in [2.24, 2.45) is 0 Å². The van der Waals surface area contributed by atoms with Crippen molar-refractivity contribution in [3.63, 3.8) is 0 Å². The van der Waals surface area contributed by atoms with E-state index in [0.29, 0.717) is 35.4 Å². The van der Waals surface area contributed by atoms with Crippen LogP contribution in [0, 0.1) is 0 Å². The predicted molar refractivity (Wildman–Crippen MR) is 111 cm³/mol. The molecule has 0 aromatic heterocycles. The van der Waals surface area contributed by atoms with Gasteiger partial charge < -0.3 is 19.5 Å². The molecule has 0 unspecified atom stereocenters. The standard InChI is InChI=1S/C20H25N3O4S/c1-14(12-25-2)21-20(28)23-22-19(24)16-9-10-17(18(11-16)26-3)27-13-15-7-5-4-6-8-15/h4-11,14H,12-13H2,1-3H3,(H,22,24)(H2,21,23,28)/t14-/m1/s1. The lowest BCUT2D eigenvalue weighted by Gasteiger charge is -2.17. The Hall–Kier alpha value is -2.84. The SMILES string of the molecule is COC[C@@H](C)NC(=S)NNC(=O)c1ccc(OCc2ccccc2)c(OC)c1. The summed E-state index contributed by atoms with van der Waals surface area (Å²) in [6.45, 7) is 2.82. The van der Waals surface area contributed by atoms with Crippen LogP contribution in [0.3, 0.4) is 0 Å². The monoisotopic (exact) mass is 403 g/mol. The zero-order chi connectivity index (χ0) is 20.4. The number of carbonyl (C=O) groups is 1. The van der Waals surface area contributed by atoms with Crippen LogP contribution in [0.1, 0.15) is 22.8 Å². The minimum atomic E-state index is -0.351. The van der Waals surface area contributed by atoms with Gasteiger partial charge in [0.05, 0.1) is 13.7 Å². The third-order valence-electron chi connectivity index (χ3n) is 3.75. The molecule has 0 fully saturated rings. The van der Waals surface area contributed by atoms with Crippen molar-refractivity contribution in [1.29, 1.82) is 0 Å². The van der Waals surface area contributed by atoms with Gasteiger partial charge in [-0.3, -0.25) is 15.6 Å². The van der Waals surface area contributed by atoms with Gasteiger partial charge in [0.15, 0.2) is 16.6 Å². The van der Waals surface area contributed by atoms with E-state index in [4.69, 9.17) is 26.4 Å². The van der Waals surface area contributed by atoms with Gasteiger partial charge in [-0.1, -0.05) is 30.3 Å². The number of carbonyl (C=O) groups excluding carboxylic acids is 1. The third-order valence-corrected chi connectivity index (χ3v) is 3.97. The van der Waals surface area contributed by atoms with Gasteiger partial charge in [0, 0.05) is 18.7 Å². The van der Waals surface area contributed by atoms with Crippen LogP contribution in [0.4, 0.5) is 0 Å². The molecule has 1 amide bonds. The minimum absolute atomic E-state index is 0.0167. The normalized spacial score (nSPS) is 11.2. The number of ether oxygens (including phenoxy) is 3. The molecule has 1 atom stereocenters. The van der Waals surface area contributed by atoms with Gasteiger partial charge in [-0.15, -0.1) is 0 Å². The smallest absolute Gasteiger partial charge is 0.269 e. The molecule has 0 aliphatic heterocycles. The quantitative estimate of drug-likeness (QED) is 0.461. The highest BCUT2D eigenvalue weighted by atomic mass is 32.1. The number of nitrogens with one attached hydrogen (secondary N) is 3. The maximum Gasteiger partial charge on any atom is 0.269 e. The molecular weight excluding hydrogens is 378 g/mol. The van der Waals surface area contributed by atoms with E-state index < -0.39 is 0 Å². The maximum absolute atomic E-state index is 12.3. The van der Waals surface area contributed by atoms with Crippen LogP contribution in [-0.2, 0) is 11.3 Å². The van der Waals surface area contributed by atoms with Crippen LogP contribution in [0.25, 0.3) is 0 Å². The highest BCUT2D eigenvalue weighted by Crippen LogP contribution is 2.28. The molecule has 0 spiro atoms. The van der Waals surface area contributed by atoms with Gasteiger partial charge in [-0.25, -0.2) is 0 Å². The second-order valence-electron chi connectivity index (χ2n) is 6.05. The van der Waals surface area contributed by atoms with Gasteiger partial charge in [0.1, 0.15) is 6.61 Å². The Morgan fingerprint density at radius 1 is 1.07 bits per heavy atom. The van der Waals surface area contributed by atoms with E-state index in [-0.39, 0.29) is 11.9 Å². The number of hydrogen-bond acceptors (Lipinski definition) is 5. The number of hydrazine groups is 1. The summed E-state index contributed by atoms with van der Waals surface area (Å²) in [5, 5.41) is 3.29. The zero-order valence-corrected chi connectivity index (χ0v) is 17.0. The van der Waals surface area contributed by atoms with Crippen LogP contribution in [0.15, 0.2) is 48.5 Å². The fraction of sp³-hybridized carbons (Fsp3) is 0.300. The van der Waals surface area contributed by atoms with Crippen LogP contribution in [0.5, 0.6) is 11.5 Å². The van der Waals surface area contributed by atoms with Crippen molar-refractivity contribution in [3.05, 3.63) is 59.7 Å². The molecule has 0 saturated heterocycles. The topological polar surface area (TPSA) is 80.9 Å². The van der Waals surface area contributed by atoms with E-state index in [1.54, 1.807) is 25.3 Å². The Bertz CT molecular complexity index is 786. The zero-order valence-electron chi connectivity index (χ0n) is 16.2. The molecule has 28 heavy (non-hydrogen) atoms. The summed E-state index contributed by atoms with van der Waals surface area (Å²) in [5.74, 6) is 0.677. The molecule has 2 rings (SSSR count). The molecule has 2 aromatic carbocycles. The van der Waals surface area contributed by atoms with Crippen molar-refractivity contribution in [2.75, 3.05) is 20.8 Å². The van der Waals surface area contributed by atoms with E-state index in [9.17, 15) is 4.79 Å². The largest absolute Gasteiger partial charge is 0.493 e. The van der Waals surface area contributed by atoms with Crippen LogP contribution < -0.4 is 25.6 Å². The Morgan fingerprint density at radius 2 is 1.82 bits per heavy atom.